The Morgan fingerprint density at radius 1 is 1.77 bits per heavy atom. The van der Waals surface area contributed by atoms with Gasteiger partial charge in [-0.3, -0.25) is 10.1 Å². The van der Waals surface area contributed by atoms with Crippen LogP contribution in [0.1, 0.15) is 6.92 Å². The molecule has 0 fully saturated rings. The summed E-state index contributed by atoms with van der Waals surface area (Å²) in [5.74, 6) is -0.591. The Morgan fingerprint density at radius 3 is 2.77 bits per heavy atom. The molecule has 0 radical (unpaired) electrons. The third-order valence-electron chi connectivity index (χ3n) is 1.02. The highest BCUT2D eigenvalue weighted by atomic mass is 35.5. The minimum absolute atomic E-state index is 0.176. The standard InChI is InChI=1S/C4H5ClN4O3S/c1-2(10)6-3-7-4(5,9-8-3)13(11)12/h1H3,(H,11,12)(H,6,7,10). The fourth-order valence-corrected chi connectivity index (χ4v) is 0.962. The maximum absolute atomic E-state index is 10.6. The van der Waals surface area contributed by atoms with Crippen LogP contribution in [0, 0.1) is 0 Å². The summed E-state index contributed by atoms with van der Waals surface area (Å²) >= 11 is 2.96. The van der Waals surface area contributed by atoms with Crippen molar-refractivity contribution >= 4 is 34.5 Å². The van der Waals surface area contributed by atoms with Gasteiger partial charge in [0.15, 0.2) is 0 Å². The van der Waals surface area contributed by atoms with Crippen molar-refractivity contribution in [3.05, 3.63) is 0 Å². The van der Waals surface area contributed by atoms with Crippen LogP contribution in [-0.2, 0) is 15.9 Å². The molecule has 2 unspecified atom stereocenters. The Bertz CT molecular complexity index is 329. The Labute approximate surface area is 80.6 Å². The van der Waals surface area contributed by atoms with Crippen molar-refractivity contribution in [3.63, 3.8) is 0 Å². The fourth-order valence-electron chi connectivity index (χ4n) is 0.569. The van der Waals surface area contributed by atoms with Gasteiger partial charge >= 0.3 is 4.45 Å². The maximum Gasteiger partial charge on any atom is 0.350 e. The highest BCUT2D eigenvalue weighted by Gasteiger charge is 2.38. The normalized spacial score (nSPS) is 28.4. The molecule has 7 nitrogen and oxygen atoms in total. The first-order valence-corrected chi connectivity index (χ1v) is 4.53. The van der Waals surface area contributed by atoms with Crippen molar-refractivity contribution in [3.8, 4) is 0 Å². The second-order valence-corrected chi connectivity index (χ2v) is 3.91. The summed E-state index contributed by atoms with van der Waals surface area (Å²) in [7, 11) is 0. The third-order valence-corrected chi connectivity index (χ3v) is 2.20. The van der Waals surface area contributed by atoms with E-state index in [1.165, 1.54) is 6.92 Å². The largest absolute Gasteiger partial charge is 0.350 e. The summed E-state index contributed by atoms with van der Waals surface area (Å²) in [4.78, 5) is 13.9. The molecule has 0 spiro atoms. The lowest BCUT2D eigenvalue weighted by atomic mass is 10.7. The molecule has 0 aromatic rings. The van der Waals surface area contributed by atoms with E-state index >= 15 is 0 Å². The number of azo groups is 1. The van der Waals surface area contributed by atoms with E-state index in [1.807, 2.05) is 0 Å². The van der Waals surface area contributed by atoms with Gasteiger partial charge in [0, 0.05) is 6.92 Å². The predicted octanol–water partition coefficient (Wildman–Crippen LogP) is 0.0161. The summed E-state index contributed by atoms with van der Waals surface area (Å²) in [6, 6.07) is 0. The van der Waals surface area contributed by atoms with E-state index in [9.17, 15) is 9.00 Å². The van der Waals surface area contributed by atoms with Crippen molar-refractivity contribution in [2.24, 2.45) is 15.2 Å². The lowest BCUT2D eigenvalue weighted by Gasteiger charge is -2.04. The van der Waals surface area contributed by atoms with E-state index in [0.717, 1.165) is 0 Å². The molecule has 9 heteroatoms. The van der Waals surface area contributed by atoms with Crippen LogP contribution in [0.5, 0.6) is 0 Å². The predicted molar refractivity (Wildman–Crippen MR) is 45.5 cm³/mol. The van der Waals surface area contributed by atoms with Crippen molar-refractivity contribution in [2.45, 2.75) is 11.4 Å². The molecule has 0 aromatic carbocycles. The summed E-state index contributed by atoms with van der Waals surface area (Å²) in [6.45, 7) is 1.24. The Morgan fingerprint density at radius 2 is 2.38 bits per heavy atom. The molecule has 1 heterocycles. The summed E-state index contributed by atoms with van der Waals surface area (Å²) < 4.78 is 17.2. The molecule has 1 amide bonds. The maximum atomic E-state index is 10.6. The minimum atomic E-state index is -2.48. The molecule has 0 bridgehead atoms. The number of rotatable bonds is 1. The van der Waals surface area contributed by atoms with Gasteiger partial charge in [0.1, 0.15) is 0 Å². The van der Waals surface area contributed by atoms with Gasteiger partial charge in [-0.25, -0.2) is 4.21 Å². The van der Waals surface area contributed by atoms with Crippen molar-refractivity contribution in [1.82, 2.24) is 5.32 Å². The minimum Gasteiger partial charge on any atom is -0.302 e. The average Bonchev–Trinajstić information content (AvgIpc) is 2.32. The first-order chi connectivity index (χ1) is 5.94. The molecular formula is C4H5ClN4O3S. The quantitative estimate of drug-likeness (QED) is 0.373. The van der Waals surface area contributed by atoms with Gasteiger partial charge in [-0.15, -0.1) is 10.2 Å². The Kier molecular flexibility index (Phi) is 2.74. The van der Waals surface area contributed by atoms with Crippen molar-refractivity contribution in [2.75, 3.05) is 0 Å². The van der Waals surface area contributed by atoms with Crippen LogP contribution in [0.4, 0.5) is 0 Å². The van der Waals surface area contributed by atoms with E-state index in [4.69, 9.17) is 16.2 Å². The lowest BCUT2D eigenvalue weighted by Crippen LogP contribution is -2.27. The van der Waals surface area contributed by atoms with Crippen LogP contribution in [-0.4, -0.2) is 25.1 Å². The first kappa shape index (κ1) is 10.2. The van der Waals surface area contributed by atoms with Crippen LogP contribution >= 0.6 is 11.6 Å². The molecule has 0 aliphatic carbocycles. The number of carbonyl (C=O) groups is 1. The molecule has 72 valence electrons. The van der Waals surface area contributed by atoms with Gasteiger partial charge in [0.05, 0.1) is 0 Å². The number of carbonyl (C=O) groups excluding carboxylic acids is 1. The molecule has 1 rings (SSSR count). The van der Waals surface area contributed by atoms with Gasteiger partial charge in [0.25, 0.3) is 0 Å². The van der Waals surface area contributed by atoms with E-state index < -0.39 is 21.4 Å². The number of amides is 1. The SMILES string of the molecule is CC(=O)NC1=NC(Cl)(S(=O)O)N=N1. The second kappa shape index (κ2) is 3.48. The molecule has 0 saturated heterocycles. The van der Waals surface area contributed by atoms with E-state index in [1.54, 1.807) is 0 Å². The summed E-state index contributed by atoms with van der Waals surface area (Å²) in [6.07, 6.45) is 0. The van der Waals surface area contributed by atoms with Crippen LogP contribution in [0.2, 0.25) is 0 Å². The molecule has 2 atom stereocenters. The number of guanidine groups is 1. The van der Waals surface area contributed by atoms with Gasteiger partial charge in [-0.05, 0) is 11.6 Å². The number of nitrogens with one attached hydrogen (secondary N) is 1. The number of alkyl halides is 1. The Balaban J connectivity index is 2.81. The van der Waals surface area contributed by atoms with Gasteiger partial charge in [-0.2, -0.15) is 4.99 Å². The lowest BCUT2D eigenvalue weighted by molar-refractivity contribution is -0.117. The topological polar surface area (TPSA) is 103 Å². The first-order valence-electron chi connectivity index (χ1n) is 3.04. The van der Waals surface area contributed by atoms with E-state index in [-0.39, 0.29) is 5.96 Å². The highest BCUT2D eigenvalue weighted by Crippen LogP contribution is 2.27. The number of aliphatic imine (C=N–C) groups is 1. The summed E-state index contributed by atoms with van der Waals surface area (Å²) in [5.41, 5.74) is 0. The van der Waals surface area contributed by atoms with Crippen LogP contribution in [0.3, 0.4) is 0 Å². The van der Waals surface area contributed by atoms with Gasteiger partial charge in [0.2, 0.25) is 22.9 Å². The zero-order valence-electron chi connectivity index (χ0n) is 6.39. The van der Waals surface area contributed by atoms with Crippen molar-refractivity contribution in [1.29, 1.82) is 0 Å². The van der Waals surface area contributed by atoms with Crippen LogP contribution < -0.4 is 5.32 Å². The van der Waals surface area contributed by atoms with E-state index in [0.29, 0.717) is 0 Å². The molecule has 0 aromatic heterocycles. The average molecular weight is 225 g/mol. The number of halogens is 1. The molecule has 2 N–H and O–H groups in total. The van der Waals surface area contributed by atoms with Crippen LogP contribution in [0.25, 0.3) is 0 Å². The zero-order valence-corrected chi connectivity index (χ0v) is 7.96. The van der Waals surface area contributed by atoms with Crippen LogP contribution in [0.15, 0.2) is 15.2 Å². The molecule has 13 heavy (non-hydrogen) atoms. The molecule has 0 saturated carbocycles. The fraction of sp³-hybridized carbons (Fsp3) is 0.500. The smallest absolute Gasteiger partial charge is 0.302 e. The Hall–Kier alpha value is -0.860. The highest BCUT2D eigenvalue weighted by molar-refractivity contribution is 7.82. The van der Waals surface area contributed by atoms with Gasteiger partial charge < -0.3 is 4.55 Å². The zero-order chi connectivity index (χ0) is 10.1. The third kappa shape index (κ3) is 2.29. The number of hydrogen-bond acceptors (Lipinski definition) is 5. The number of hydrogen-bond donors (Lipinski definition) is 2. The number of nitrogens with zero attached hydrogens (tertiary/aromatic N) is 3. The van der Waals surface area contributed by atoms with Gasteiger partial charge in [-0.1, -0.05) is 0 Å². The molecule has 1 aliphatic rings. The second-order valence-electron chi connectivity index (χ2n) is 2.09. The van der Waals surface area contributed by atoms with Crippen molar-refractivity contribution < 1.29 is 13.6 Å². The molecular weight excluding hydrogens is 220 g/mol. The summed E-state index contributed by atoms with van der Waals surface area (Å²) in [5, 5.41) is 8.70. The van der Waals surface area contributed by atoms with E-state index in [2.05, 4.69) is 20.5 Å². The molecule has 1 aliphatic heterocycles. The monoisotopic (exact) mass is 224 g/mol.